The standard InChI is InChI=1S/C14H30N4O2/c1-10(2)12(15)13(20)16-7-11(19)17-8-14(3,4)9-18(5)6/h10,12H,7-9,15H2,1-6H3,(H,16,20)(H,17,19)/t12-/m0/s1. The van der Waals surface area contributed by atoms with Crippen LogP contribution in [0, 0.1) is 11.3 Å². The average Bonchev–Trinajstić information content (AvgIpc) is 2.30. The maximum Gasteiger partial charge on any atom is 0.239 e. The molecule has 0 radical (unpaired) electrons. The summed E-state index contributed by atoms with van der Waals surface area (Å²) in [6.45, 7) is 9.31. The molecule has 2 amide bonds. The molecular formula is C14H30N4O2. The van der Waals surface area contributed by atoms with E-state index in [1.165, 1.54) is 0 Å². The lowest BCUT2D eigenvalue weighted by molar-refractivity contribution is -0.127. The first kappa shape index (κ1) is 18.9. The van der Waals surface area contributed by atoms with Crippen molar-refractivity contribution >= 4 is 11.8 Å². The van der Waals surface area contributed by atoms with E-state index in [9.17, 15) is 9.59 Å². The quantitative estimate of drug-likeness (QED) is 0.576. The third kappa shape index (κ3) is 8.12. The fourth-order valence-corrected chi connectivity index (χ4v) is 1.90. The molecule has 0 aliphatic carbocycles. The second-order valence-electron chi connectivity index (χ2n) is 6.67. The summed E-state index contributed by atoms with van der Waals surface area (Å²) in [6.07, 6.45) is 0. The zero-order chi connectivity index (χ0) is 15.9. The summed E-state index contributed by atoms with van der Waals surface area (Å²) in [5, 5.41) is 5.38. The first-order valence-corrected chi connectivity index (χ1v) is 7.00. The molecule has 0 aromatic heterocycles. The summed E-state index contributed by atoms with van der Waals surface area (Å²) in [7, 11) is 3.99. The molecule has 0 saturated carbocycles. The third-order valence-electron chi connectivity index (χ3n) is 2.95. The lowest BCUT2D eigenvalue weighted by Gasteiger charge is -2.28. The Labute approximate surface area is 122 Å². The van der Waals surface area contributed by atoms with Gasteiger partial charge in [0, 0.05) is 13.1 Å². The number of nitrogens with two attached hydrogens (primary N) is 1. The predicted molar refractivity (Wildman–Crippen MR) is 81.2 cm³/mol. The van der Waals surface area contributed by atoms with Crippen LogP contribution in [0.2, 0.25) is 0 Å². The molecule has 0 bridgehead atoms. The molecule has 0 saturated heterocycles. The van der Waals surface area contributed by atoms with Gasteiger partial charge in [0.15, 0.2) is 0 Å². The van der Waals surface area contributed by atoms with Gasteiger partial charge in [0.2, 0.25) is 11.8 Å². The lowest BCUT2D eigenvalue weighted by Crippen LogP contribution is -2.48. The van der Waals surface area contributed by atoms with E-state index in [-0.39, 0.29) is 29.7 Å². The van der Waals surface area contributed by atoms with Gasteiger partial charge in [0.05, 0.1) is 12.6 Å². The Morgan fingerprint density at radius 2 is 1.75 bits per heavy atom. The Morgan fingerprint density at radius 3 is 2.20 bits per heavy atom. The highest BCUT2D eigenvalue weighted by Gasteiger charge is 2.21. The Morgan fingerprint density at radius 1 is 1.20 bits per heavy atom. The zero-order valence-electron chi connectivity index (χ0n) is 13.6. The molecule has 1 atom stereocenters. The molecule has 0 spiro atoms. The molecule has 6 nitrogen and oxygen atoms in total. The molecule has 0 aliphatic heterocycles. The molecule has 0 fully saturated rings. The molecule has 0 heterocycles. The molecule has 0 aromatic rings. The number of hydrogen-bond donors (Lipinski definition) is 3. The van der Waals surface area contributed by atoms with Crippen LogP contribution in [0.4, 0.5) is 0 Å². The number of nitrogens with one attached hydrogen (secondary N) is 2. The van der Waals surface area contributed by atoms with Crippen molar-refractivity contribution in [3.63, 3.8) is 0 Å². The summed E-state index contributed by atoms with van der Waals surface area (Å²) in [4.78, 5) is 25.4. The van der Waals surface area contributed by atoms with Crippen LogP contribution < -0.4 is 16.4 Å². The molecule has 0 unspecified atom stereocenters. The van der Waals surface area contributed by atoms with Crippen LogP contribution in [0.3, 0.4) is 0 Å². The van der Waals surface area contributed by atoms with Gasteiger partial charge in [-0.25, -0.2) is 0 Å². The summed E-state index contributed by atoms with van der Waals surface area (Å²) in [6, 6.07) is -0.576. The zero-order valence-corrected chi connectivity index (χ0v) is 13.6. The molecule has 0 aromatic carbocycles. The first-order valence-electron chi connectivity index (χ1n) is 7.00. The van der Waals surface area contributed by atoms with Gasteiger partial charge in [0.25, 0.3) is 0 Å². The second kappa shape index (κ2) is 8.21. The van der Waals surface area contributed by atoms with Crippen molar-refractivity contribution in [2.45, 2.75) is 33.7 Å². The van der Waals surface area contributed by atoms with Crippen LogP contribution in [0.1, 0.15) is 27.7 Å². The Hall–Kier alpha value is -1.14. The van der Waals surface area contributed by atoms with E-state index < -0.39 is 6.04 Å². The summed E-state index contributed by atoms with van der Waals surface area (Å²) >= 11 is 0. The van der Waals surface area contributed by atoms with Crippen molar-refractivity contribution in [2.24, 2.45) is 17.1 Å². The van der Waals surface area contributed by atoms with Crippen molar-refractivity contribution in [3.8, 4) is 0 Å². The highest BCUT2D eigenvalue weighted by atomic mass is 16.2. The molecule has 6 heteroatoms. The van der Waals surface area contributed by atoms with E-state index in [2.05, 4.69) is 29.4 Å². The fraction of sp³-hybridized carbons (Fsp3) is 0.857. The maximum atomic E-state index is 11.7. The van der Waals surface area contributed by atoms with Crippen LogP contribution in [0.25, 0.3) is 0 Å². The Kier molecular flexibility index (Phi) is 7.75. The van der Waals surface area contributed by atoms with Crippen molar-refractivity contribution in [1.29, 1.82) is 0 Å². The predicted octanol–water partition coefficient (Wildman–Crippen LogP) is -0.210. The van der Waals surface area contributed by atoms with E-state index in [0.29, 0.717) is 6.54 Å². The van der Waals surface area contributed by atoms with E-state index >= 15 is 0 Å². The van der Waals surface area contributed by atoms with Gasteiger partial charge < -0.3 is 21.3 Å². The maximum absolute atomic E-state index is 11.7. The largest absolute Gasteiger partial charge is 0.354 e. The number of nitrogens with zero attached hydrogens (tertiary/aromatic N) is 1. The van der Waals surface area contributed by atoms with Crippen LogP contribution in [0.5, 0.6) is 0 Å². The number of hydrogen-bond acceptors (Lipinski definition) is 4. The Bertz CT molecular complexity index is 327. The van der Waals surface area contributed by atoms with Crippen molar-refractivity contribution in [2.75, 3.05) is 33.7 Å². The summed E-state index contributed by atoms with van der Waals surface area (Å²) in [5.41, 5.74) is 5.68. The normalized spacial score (nSPS) is 13.4. The van der Waals surface area contributed by atoms with Crippen LogP contribution in [-0.2, 0) is 9.59 Å². The topological polar surface area (TPSA) is 87.5 Å². The molecule has 0 rings (SSSR count). The van der Waals surface area contributed by atoms with Crippen LogP contribution >= 0.6 is 0 Å². The van der Waals surface area contributed by atoms with E-state index in [0.717, 1.165) is 6.54 Å². The highest BCUT2D eigenvalue weighted by Crippen LogP contribution is 2.13. The Balaban J connectivity index is 4.04. The lowest BCUT2D eigenvalue weighted by atomic mass is 9.93. The fourth-order valence-electron chi connectivity index (χ4n) is 1.90. The minimum absolute atomic E-state index is 0.0164. The van der Waals surface area contributed by atoms with Crippen molar-refractivity contribution < 1.29 is 9.59 Å². The van der Waals surface area contributed by atoms with E-state index in [1.807, 2.05) is 27.9 Å². The van der Waals surface area contributed by atoms with Gasteiger partial charge in [0.1, 0.15) is 0 Å². The first-order chi connectivity index (χ1) is 9.05. The van der Waals surface area contributed by atoms with Crippen LogP contribution in [-0.4, -0.2) is 56.5 Å². The molecule has 4 N–H and O–H groups in total. The van der Waals surface area contributed by atoms with Gasteiger partial charge in [-0.1, -0.05) is 27.7 Å². The second-order valence-corrected chi connectivity index (χ2v) is 6.67. The SMILES string of the molecule is CC(C)[C@H](N)C(=O)NCC(=O)NCC(C)(C)CN(C)C. The minimum atomic E-state index is -0.576. The molecule has 20 heavy (non-hydrogen) atoms. The number of carbonyl (C=O) groups is 2. The molecule has 0 aliphatic rings. The van der Waals surface area contributed by atoms with Gasteiger partial charge in [-0.05, 0) is 25.4 Å². The van der Waals surface area contributed by atoms with E-state index in [4.69, 9.17) is 5.73 Å². The smallest absolute Gasteiger partial charge is 0.239 e. The van der Waals surface area contributed by atoms with E-state index in [1.54, 1.807) is 0 Å². The van der Waals surface area contributed by atoms with Gasteiger partial charge in [-0.2, -0.15) is 0 Å². The van der Waals surface area contributed by atoms with Gasteiger partial charge >= 0.3 is 0 Å². The minimum Gasteiger partial charge on any atom is -0.354 e. The average molecular weight is 286 g/mol. The number of amides is 2. The third-order valence-corrected chi connectivity index (χ3v) is 2.95. The highest BCUT2D eigenvalue weighted by molar-refractivity contribution is 5.87. The van der Waals surface area contributed by atoms with Gasteiger partial charge in [-0.15, -0.1) is 0 Å². The number of carbonyl (C=O) groups excluding carboxylic acids is 2. The summed E-state index contributed by atoms with van der Waals surface area (Å²) < 4.78 is 0. The monoisotopic (exact) mass is 286 g/mol. The molecule has 118 valence electrons. The number of rotatable bonds is 8. The molecular weight excluding hydrogens is 256 g/mol. The van der Waals surface area contributed by atoms with Crippen LogP contribution in [0.15, 0.2) is 0 Å². The van der Waals surface area contributed by atoms with Crippen molar-refractivity contribution in [3.05, 3.63) is 0 Å². The van der Waals surface area contributed by atoms with Gasteiger partial charge in [-0.3, -0.25) is 9.59 Å². The van der Waals surface area contributed by atoms with Crippen molar-refractivity contribution in [1.82, 2.24) is 15.5 Å². The summed E-state index contributed by atoms with van der Waals surface area (Å²) in [5.74, 6) is -0.430.